The number of carbonyl (C=O) groups excluding carboxylic acids is 2. The first-order valence-electron chi connectivity index (χ1n) is 9.30. The van der Waals surface area contributed by atoms with Gasteiger partial charge in [-0.05, 0) is 44.4 Å². The summed E-state index contributed by atoms with van der Waals surface area (Å²) in [6.07, 6.45) is 5.46. The number of rotatable bonds is 6. The van der Waals surface area contributed by atoms with E-state index in [0.717, 1.165) is 38.5 Å². The first-order valence-corrected chi connectivity index (χ1v) is 9.30. The number of amides is 2. The Morgan fingerprint density at radius 3 is 2.44 bits per heavy atom. The zero-order valence-corrected chi connectivity index (χ0v) is 15.0. The predicted octanol–water partition coefficient (Wildman–Crippen LogP) is 1.94. The fourth-order valence-corrected chi connectivity index (χ4v) is 3.20. The molecule has 2 amide bonds. The Kier molecular flexibility index (Phi) is 5.42. The molecule has 0 bridgehead atoms. The Morgan fingerprint density at radius 2 is 1.84 bits per heavy atom. The van der Waals surface area contributed by atoms with Gasteiger partial charge in [-0.25, -0.2) is 0 Å². The van der Waals surface area contributed by atoms with E-state index in [0.29, 0.717) is 23.8 Å². The van der Waals surface area contributed by atoms with Gasteiger partial charge in [-0.3, -0.25) is 9.59 Å². The molecule has 3 rings (SSSR count). The maximum absolute atomic E-state index is 12.7. The summed E-state index contributed by atoms with van der Waals surface area (Å²) >= 11 is 0. The molecule has 138 valence electrons. The molecule has 7 heteroatoms. The number of aromatic nitrogens is 1. The summed E-state index contributed by atoms with van der Waals surface area (Å²) in [5.74, 6) is 0.494. The molecule has 2 aliphatic carbocycles. The van der Waals surface area contributed by atoms with E-state index in [1.165, 1.54) is 0 Å². The van der Waals surface area contributed by atoms with Crippen LogP contribution in [0.25, 0.3) is 0 Å². The van der Waals surface area contributed by atoms with Crippen molar-refractivity contribution < 1.29 is 14.1 Å². The summed E-state index contributed by atoms with van der Waals surface area (Å²) in [4.78, 5) is 25.3. The number of hydrogen-bond acceptors (Lipinski definition) is 5. The third-order valence-electron chi connectivity index (χ3n) is 4.89. The molecule has 4 N–H and O–H groups in total. The van der Waals surface area contributed by atoms with Gasteiger partial charge < -0.3 is 20.9 Å². The van der Waals surface area contributed by atoms with Crippen molar-refractivity contribution in [2.75, 3.05) is 6.54 Å². The summed E-state index contributed by atoms with van der Waals surface area (Å²) in [6.45, 7) is 4.60. The van der Waals surface area contributed by atoms with E-state index >= 15 is 0 Å². The van der Waals surface area contributed by atoms with E-state index in [-0.39, 0.29) is 35.5 Å². The molecular weight excluding hydrogens is 320 g/mol. The standard InChI is InChI=1S/C18H28N4O3/c1-10(2)9-20-17(23)14-15(22-25-16(14)11-3-4-11)18(24)21-13-7-5-12(19)6-8-13/h10-13H,3-9,19H2,1-2H3,(H,20,23)(H,21,24). The zero-order chi connectivity index (χ0) is 18.0. The van der Waals surface area contributed by atoms with Crippen molar-refractivity contribution >= 4 is 11.8 Å². The molecule has 1 aromatic rings. The van der Waals surface area contributed by atoms with Crippen molar-refractivity contribution in [3.05, 3.63) is 17.0 Å². The van der Waals surface area contributed by atoms with Gasteiger partial charge in [0.1, 0.15) is 5.56 Å². The predicted molar refractivity (Wildman–Crippen MR) is 93.3 cm³/mol. The van der Waals surface area contributed by atoms with Crippen LogP contribution in [0.15, 0.2) is 4.52 Å². The summed E-state index contributed by atoms with van der Waals surface area (Å²) in [7, 11) is 0. The molecule has 0 radical (unpaired) electrons. The molecule has 0 aromatic carbocycles. The van der Waals surface area contributed by atoms with E-state index in [9.17, 15) is 9.59 Å². The van der Waals surface area contributed by atoms with E-state index in [4.69, 9.17) is 10.3 Å². The fraction of sp³-hybridized carbons (Fsp3) is 0.722. The first-order chi connectivity index (χ1) is 12.0. The molecule has 0 spiro atoms. The highest BCUT2D eigenvalue weighted by Crippen LogP contribution is 2.42. The van der Waals surface area contributed by atoms with Crippen molar-refractivity contribution in [2.24, 2.45) is 11.7 Å². The molecule has 1 heterocycles. The Bertz CT molecular complexity index is 628. The minimum absolute atomic E-state index is 0.0833. The van der Waals surface area contributed by atoms with Crippen LogP contribution in [0.3, 0.4) is 0 Å². The van der Waals surface area contributed by atoms with Crippen LogP contribution in [0.5, 0.6) is 0 Å². The monoisotopic (exact) mass is 348 g/mol. The van der Waals surface area contributed by atoms with Gasteiger partial charge in [-0.2, -0.15) is 0 Å². The van der Waals surface area contributed by atoms with Crippen LogP contribution in [0.2, 0.25) is 0 Å². The van der Waals surface area contributed by atoms with Gasteiger partial charge in [-0.15, -0.1) is 0 Å². The summed E-state index contributed by atoms with van der Waals surface area (Å²) < 4.78 is 5.38. The molecule has 0 atom stereocenters. The van der Waals surface area contributed by atoms with E-state index in [1.54, 1.807) is 0 Å². The zero-order valence-electron chi connectivity index (χ0n) is 15.0. The lowest BCUT2D eigenvalue weighted by molar-refractivity contribution is 0.0896. The largest absolute Gasteiger partial charge is 0.359 e. The first kappa shape index (κ1) is 17.9. The number of hydrogen-bond donors (Lipinski definition) is 3. The Balaban J connectivity index is 1.73. The van der Waals surface area contributed by atoms with E-state index in [2.05, 4.69) is 15.8 Å². The molecule has 1 aromatic heterocycles. The molecule has 2 saturated carbocycles. The molecule has 7 nitrogen and oxygen atoms in total. The highest BCUT2D eigenvalue weighted by molar-refractivity contribution is 6.06. The second-order valence-electron chi connectivity index (χ2n) is 7.73. The van der Waals surface area contributed by atoms with Gasteiger partial charge in [0.2, 0.25) is 0 Å². The minimum Gasteiger partial charge on any atom is -0.359 e. The second kappa shape index (κ2) is 7.56. The minimum atomic E-state index is -0.328. The van der Waals surface area contributed by atoms with Gasteiger partial charge in [0.25, 0.3) is 11.8 Å². The average molecular weight is 348 g/mol. The van der Waals surface area contributed by atoms with Crippen LogP contribution in [-0.2, 0) is 0 Å². The molecular formula is C18H28N4O3. The SMILES string of the molecule is CC(C)CNC(=O)c1c(C(=O)NC2CCC(N)CC2)noc1C1CC1. The lowest BCUT2D eigenvalue weighted by Crippen LogP contribution is -2.41. The third kappa shape index (κ3) is 4.39. The van der Waals surface area contributed by atoms with Crippen molar-refractivity contribution in [1.82, 2.24) is 15.8 Å². The van der Waals surface area contributed by atoms with Crippen LogP contribution in [0.4, 0.5) is 0 Å². The molecule has 0 saturated heterocycles. The van der Waals surface area contributed by atoms with Crippen molar-refractivity contribution in [2.45, 2.75) is 70.4 Å². The third-order valence-corrected chi connectivity index (χ3v) is 4.89. The van der Waals surface area contributed by atoms with Crippen LogP contribution < -0.4 is 16.4 Å². The molecule has 2 aliphatic rings. The molecule has 0 aliphatic heterocycles. The lowest BCUT2D eigenvalue weighted by atomic mass is 9.91. The lowest BCUT2D eigenvalue weighted by Gasteiger charge is -2.26. The number of nitrogens with zero attached hydrogens (tertiary/aromatic N) is 1. The van der Waals surface area contributed by atoms with Crippen LogP contribution in [0, 0.1) is 5.92 Å². The second-order valence-corrected chi connectivity index (χ2v) is 7.73. The number of nitrogens with two attached hydrogens (primary N) is 1. The molecule has 25 heavy (non-hydrogen) atoms. The van der Waals surface area contributed by atoms with Gasteiger partial charge in [-0.1, -0.05) is 19.0 Å². The average Bonchev–Trinajstić information content (AvgIpc) is 3.32. The van der Waals surface area contributed by atoms with Crippen LogP contribution >= 0.6 is 0 Å². The number of nitrogens with one attached hydrogen (secondary N) is 2. The summed E-state index contributed by atoms with van der Waals surface area (Å²) in [5, 5.41) is 9.80. The Hall–Kier alpha value is -1.89. The number of carbonyl (C=O) groups is 2. The van der Waals surface area contributed by atoms with Crippen molar-refractivity contribution in [1.29, 1.82) is 0 Å². The van der Waals surface area contributed by atoms with Gasteiger partial charge in [0.15, 0.2) is 11.5 Å². The summed E-state index contributed by atoms with van der Waals surface area (Å²) in [6, 6.07) is 0.305. The molecule has 0 unspecified atom stereocenters. The Morgan fingerprint density at radius 1 is 1.16 bits per heavy atom. The smallest absolute Gasteiger partial charge is 0.274 e. The van der Waals surface area contributed by atoms with Crippen LogP contribution in [0.1, 0.15) is 84.9 Å². The van der Waals surface area contributed by atoms with Crippen LogP contribution in [-0.4, -0.2) is 35.6 Å². The topological polar surface area (TPSA) is 110 Å². The van der Waals surface area contributed by atoms with Crippen molar-refractivity contribution in [3.8, 4) is 0 Å². The van der Waals surface area contributed by atoms with E-state index in [1.807, 2.05) is 13.8 Å². The Labute approximate surface area is 148 Å². The molecule has 2 fully saturated rings. The summed E-state index contributed by atoms with van der Waals surface area (Å²) in [5.41, 5.74) is 6.33. The fourth-order valence-electron chi connectivity index (χ4n) is 3.20. The van der Waals surface area contributed by atoms with E-state index < -0.39 is 0 Å². The normalized spacial score (nSPS) is 23.5. The van der Waals surface area contributed by atoms with Gasteiger partial charge in [0.05, 0.1) is 0 Å². The maximum atomic E-state index is 12.7. The quantitative estimate of drug-likeness (QED) is 0.727. The maximum Gasteiger partial charge on any atom is 0.274 e. The van der Waals surface area contributed by atoms with Gasteiger partial charge >= 0.3 is 0 Å². The van der Waals surface area contributed by atoms with Crippen molar-refractivity contribution in [3.63, 3.8) is 0 Å². The highest BCUT2D eigenvalue weighted by atomic mass is 16.5. The highest BCUT2D eigenvalue weighted by Gasteiger charge is 2.37. The van der Waals surface area contributed by atoms with Gasteiger partial charge in [0, 0.05) is 24.5 Å².